The fraction of sp³-hybridized carbons (Fsp3) is 0.290. The third-order valence-electron chi connectivity index (χ3n) is 7.80. The van der Waals surface area contributed by atoms with Crippen LogP contribution in [-0.4, -0.2) is 33.2 Å². The van der Waals surface area contributed by atoms with Crippen LogP contribution in [0.5, 0.6) is 0 Å². The lowest BCUT2D eigenvalue weighted by Gasteiger charge is -2.27. The number of fused-ring (bicyclic) bond motifs is 2. The number of rotatable bonds is 8. The highest BCUT2D eigenvalue weighted by atomic mass is 16.3. The molecule has 6 heteroatoms. The van der Waals surface area contributed by atoms with Crippen molar-refractivity contribution in [3.63, 3.8) is 0 Å². The van der Waals surface area contributed by atoms with Crippen LogP contribution in [0.2, 0.25) is 0 Å². The summed E-state index contributed by atoms with van der Waals surface area (Å²) in [6, 6.07) is 26.2. The van der Waals surface area contributed by atoms with Gasteiger partial charge in [-0.05, 0) is 58.4 Å². The zero-order valence-electron chi connectivity index (χ0n) is 20.5. The van der Waals surface area contributed by atoms with Gasteiger partial charge in [0.2, 0.25) is 11.8 Å². The number of amides is 2. The van der Waals surface area contributed by atoms with Gasteiger partial charge in [0.15, 0.2) is 0 Å². The molecule has 188 valence electrons. The topological polar surface area (TPSA) is 98.7 Å². The van der Waals surface area contributed by atoms with Crippen molar-refractivity contribution in [3.05, 3.63) is 96.1 Å². The van der Waals surface area contributed by atoms with E-state index in [0.717, 1.165) is 32.7 Å². The van der Waals surface area contributed by atoms with Crippen molar-refractivity contribution in [3.8, 4) is 0 Å². The summed E-state index contributed by atoms with van der Waals surface area (Å²) < 4.78 is 0. The molecule has 0 bridgehead atoms. The average molecular weight is 495 g/mol. The van der Waals surface area contributed by atoms with Gasteiger partial charge in [-0.1, -0.05) is 84.9 Å². The summed E-state index contributed by atoms with van der Waals surface area (Å²) in [5.41, 5.74) is -0.365. The highest BCUT2D eigenvalue weighted by Gasteiger charge is 2.51. The fourth-order valence-corrected chi connectivity index (χ4v) is 5.41. The molecule has 0 saturated heterocycles. The van der Waals surface area contributed by atoms with E-state index < -0.39 is 41.5 Å². The molecule has 6 rings (SSSR count). The summed E-state index contributed by atoms with van der Waals surface area (Å²) in [4.78, 5) is 26.2. The first-order valence-electron chi connectivity index (χ1n) is 12.9. The van der Waals surface area contributed by atoms with Crippen molar-refractivity contribution < 1.29 is 19.8 Å². The molecule has 2 unspecified atom stereocenters. The molecule has 2 amide bonds. The minimum Gasteiger partial charge on any atom is -0.387 e. The summed E-state index contributed by atoms with van der Waals surface area (Å²) in [5, 5.41) is 32.0. The Morgan fingerprint density at radius 1 is 0.622 bits per heavy atom. The van der Waals surface area contributed by atoms with Gasteiger partial charge in [-0.2, -0.15) is 0 Å². The summed E-state index contributed by atoms with van der Waals surface area (Å²) in [6.07, 6.45) is 1.95. The maximum atomic E-state index is 13.1. The molecule has 2 aliphatic rings. The minimum absolute atomic E-state index is 0.394. The molecule has 37 heavy (non-hydrogen) atoms. The van der Waals surface area contributed by atoms with Crippen LogP contribution in [0.25, 0.3) is 21.5 Å². The first-order chi connectivity index (χ1) is 17.9. The molecule has 0 aromatic heterocycles. The van der Waals surface area contributed by atoms with Gasteiger partial charge in [0.1, 0.15) is 6.42 Å². The third kappa shape index (κ3) is 4.59. The van der Waals surface area contributed by atoms with Gasteiger partial charge in [0.25, 0.3) is 0 Å². The number of carbonyl (C=O) groups excluding carboxylic acids is 2. The van der Waals surface area contributed by atoms with Crippen LogP contribution in [0.4, 0.5) is 0 Å². The largest absolute Gasteiger partial charge is 0.387 e. The van der Waals surface area contributed by atoms with E-state index in [1.807, 2.05) is 84.9 Å². The molecule has 0 heterocycles. The van der Waals surface area contributed by atoms with E-state index in [0.29, 0.717) is 25.7 Å². The Bertz CT molecular complexity index is 1380. The highest BCUT2D eigenvalue weighted by molar-refractivity contribution is 5.98. The molecule has 6 nitrogen and oxygen atoms in total. The van der Waals surface area contributed by atoms with Crippen LogP contribution in [-0.2, 0) is 9.59 Å². The van der Waals surface area contributed by atoms with E-state index in [-0.39, 0.29) is 0 Å². The van der Waals surface area contributed by atoms with Crippen LogP contribution in [0, 0.1) is 0 Å². The normalized spacial score (nSPS) is 18.6. The molecule has 2 aliphatic carbocycles. The molecule has 0 radical (unpaired) electrons. The Kier molecular flexibility index (Phi) is 5.74. The van der Waals surface area contributed by atoms with Gasteiger partial charge in [-0.3, -0.25) is 9.59 Å². The number of aliphatic hydroxyl groups is 2. The van der Waals surface area contributed by atoms with E-state index in [9.17, 15) is 19.8 Å². The SMILES string of the molecule is O=C(CC(=O)NC(c1cccc2ccccc12)C1(O)CC1)NC(c1cccc2ccccc12)C1(O)CC1. The second-order valence-electron chi connectivity index (χ2n) is 10.5. The fourth-order valence-electron chi connectivity index (χ4n) is 5.41. The summed E-state index contributed by atoms with van der Waals surface area (Å²) >= 11 is 0. The van der Waals surface area contributed by atoms with Crippen molar-refractivity contribution in [1.29, 1.82) is 0 Å². The molecule has 2 atom stereocenters. The molecule has 2 fully saturated rings. The monoisotopic (exact) mass is 494 g/mol. The van der Waals surface area contributed by atoms with Crippen molar-refractivity contribution >= 4 is 33.4 Å². The van der Waals surface area contributed by atoms with Crippen LogP contribution in [0.15, 0.2) is 84.9 Å². The second kappa shape index (κ2) is 8.98. The third-order valence-corrected chi connectivity index (χ3v) is 7.80. The smallest absolute Gasteiger partial charge is 0.230 e. The lowest BCUT2D eigenvalue weighted by molar-refractivity contribution is -0.131. The van der Waals surface area contributed by atoms with Crippen molar-refractivity contribution in [2.75, 3.05) is 0 Å². The van der Waals surface area contributed by atoms with Gasteiger partial charge in [0.05, 0.1) is 23.3 Å². The number of hydrogen-bond donors (Lipinski definition) is 4. The van der Waals surface area contributed by atoms with E-state index in [1.54, 1.807) is 0 Å². The summed E-state index contributed by atoms with van der Waals surface area (Å²) in [6.45, 7) is 0. The average Bonchev–Trinajstić information content (AvgIpc) is 3.84. The number of nitrogens with one attached hydrogen (secondary N) is 2. The second-order valence-corrected chi connectivity index (χ2v) is 10.5. The Hall–Kier alpha value is -3.74. The van der Waals surface area contributed by atoms with Crippen LogP contribution < -0.4 is 10.6 Å². The number of benzene rings is 4. The minimum atomic E-state index is -1.02. The van der Waals surface area contributed by atoms with E-state index in [1.165, 1.54) is 0 Å². The van der Waals surface area contributed by atoms with Crippen LogP contribution in [0.3, 0.4) is 0 Å². The van der Waals surface area contributed by atoms with Gasteiger partial charge in [-0.15, -0.1) is 0 Å². The molecular weight excluding hydrogens is 464 g/mol. The van der Waals surface area contributed by atoms with E-state index >= 15 is 0 Å². The standard InChI is InChI=1S/C31H30N2O4/c34-26(32-28(30(36)15-16-30)24-13-5-9-20-7-1-3-11-22(20)24)19-27(35)33-29(31(37)17-18-31)25-14-6-10-21-8-2-4-12-23(21)25/h1-14,28-29,36-37H,15-19H2,(H,32,34)(H,33,35). The summed E-state index contributed by atoms with van der Waals surface area (Å²) in [5.74, 6) is -0.926. The first kappa shape index (κ1) is 23.6. The maximum absolute atomic E-state index is 13.1. The number of hydrogen-bond acceptors (Lipinski definition) is 4. The lowest BCUT2D eigenvalue weighted by Crippen LogP contribution is -2.42. The van der Waals surface area contributed by atoms with Crippen LogP contribution >= 0.6 is 0 Å². The Labute approximate surface area is 215 Å². The molecule has 0 spiro atoms. The Balaban J connectivity index is 1.22. The quantitative estimate of drug-likeness (QED) is 0.272. The first-order valence-corrected chi connectivity index (χ1v) is 12.9. The molecule has 0 aliphatic heterocycles. The maximum Gasteiger partial charge on any atom is 0.230 e. The zero-order chi connectivity index (χ0) is 25.6. The van der Waals surface area contributed by atoms with E-state index in [4.69, 9.17) is 0 Å². The summed E-state index contributed by atoms with van der Waals surface area (Å²) in [7, 11) is 0. The molecule has 4 aromatic carbocycles. The van der Waals surface area contributed by atoms with Gasteiger partial charge in [0, 0.05) is 0 Å². The van der Waals surface area contributed by atoms with Crippen LogP contribution in [0.1, 0.15) is 55.3 Å². The molecule has 4 aromatic rings. The Morgan fingerprint density at radius 2 is 1.00 bits per heavy atom. The van der Waals surface area contributed by atoms with Crippen molar-refractivity contribution in [2.24, 2.45) is 0 Å². The van der Waals surface area contributed by atoms with Crippen molar-refractivity contribution in [2.45, 2.75) is 55.4 Å². The molecule has 4 N–H and O–H groups in total. The molecular formula is C31H30N2O4. The molecule has 2 saturated carbocycles. The highest BCUT2D eigenvalue weighted by Crippen LogP contribution is 2.48. The Morgan fingerprint density at radius 3 is 1.41 bits per heavy atom. The van der Waals surface area contributed by atoms with Gasteiger partial charge >= 0.3 is 0 Å². The van der Waals surface area contributed by atoms with Gasteiger partial charge in [-0.25, -0.2) is 0 Å². The predicted octanol–water partition coefficient (Wildman–Crippen LogP) is 4.45. The van der Waals surface area contributed by atoms with Gasteiger partial charge < -0.3 is 20.8 Å². The predicted molar refractivity (Wildman–Crippen MR) is 143 cm³/mol. The van der Waals surface area contributed by atoms with E-state index in [2.05, 4.69) is 10.6 Å². The zero-order valence-corrected chi connectivity index (χ0v) is 20.5. The lowest BCUT2D eigenvalue weighted by atomic mass is 9.93. The van der Waals surface area contributed by atoms with Crippen molar-refractivity contribution in [1.82, 2.24) is 10.6 Å². The number of carbonyl (C=O) groups is 2.